The number of nitrogens with one attached hydrogen (secondary N) is 2. The maximum absolute atomic E-state index is 11.8. The Bertz CT molecular complexity index is 581. The minimum absolute atomic E-state index is 0.0868. The Morgan fingerprint density at radius 1 is 1.38 bits per heavy atom. The van der Waals surface area contributed by atoms with E-state index in [9.17, 15) is 18.0 Å². The van der Waals surface area contributed by atoms with Crippen molar-refractivity contribution in [3.8, 4) is 0 Å². The maximum atomic E-state index is 11.8. The number of rotatable bonds is 8. The third kappa shape index (κ3) is 5.44. The molecule has 0 aliphatic carbocycles. The first-order chi connectivity index (χ1) is 9.74. The number of hydrogen-bond acceptors (Lipinski definition) is 5. The molecule has 0 aliphatic rings. The Labute approximate surface area is 127 Å². The van der Waals surface area contributed by atoms with Crippen LogP contribution < -0.4 is 10.0 Å². The van der Waals surface area contributed by atoms with Gasteiger partial charge in [-0.1, -0.05) is 19.9 Å². The van der Waals surface area contributed by atoms with Gasteiger partial charge >= 0.3 is 5.97 Å². The van der Waals surface area contributed by atoms with Crippen molar-refractivity contribution in [3.63, 3.8) is 0 Å². The Balaban J connectivity index is 2.46. The second-order valence-electron chi connectivity index (χ2n) is 4.71. The highest BCUT2D eigenvalue weighted by molar-refractivity contribution is 7.91. The van der Waals surface area contributed by atoms with Crippen LogP contribution in [0.15, 0.2) is 21.7 Å². The van der Waals surface area contributed by atoms with Crippen LogP contribution in [-0.4, -0.2) is 38.0 Å². The molecule has 0 saturated carbocycles. The predicted octanol–water partition coefficient (Wildman–Crippen LogP) is 0.642. The topological polar surface area (TPSA) is 113 Å². The highest BCUT2D eigenvalue weighted by Crippen LogP contribution is 2.14. The molecule has 1 aromatic rings. The zero-order valence-corrected chi connectivity index (χ0v) is 13.3. The molecule has 1 atom stereocenters. The van der Waals surface area contributed by atoms with E-state index in [0.29, 0.717) is 0 Å². The lowest BCUT2D eigenvalue weighted by atomic mass is 10.0. The van der Waals surface area contributed by atoms with Crippen LogP contribution in [0, 0.1) is 5.92 Å². The first-order valence-corrected chi connectivity index (χ1v) is 8.65. The van der Waals surface area contributed by atoms with Crippen molar-refractivity contribution in [2.75, 3.05) is 6.54 Å². The average Bonchev–Trinajstić information content (AvgIpc) is 2.89. The monoisotopic (exact) mass is 334 g/mol. The van der Waals surface area contributed by atoms with Gasteiger partial charge in [0.1, 0.15) is 10.3 Å². The summed E-state index contributed by atoms with van der Waals surface area (Å²) >= 11 is 1.08. The number of carbonyl (C=O) groups is 2. The summed E-state index contributed by atoms with van der Waals surface area (Å²) < 4.78 is 26.0. The summed E-state index contributed by atoms with van der Waals surface area (Å²) in [5.41, 5.74) is 0. The van der Waals surface area contributed by atoms with Crippen LogP contribution in [-0.2, 0) is 19.6 Å². The van der Waals surface area contributed by atoms with Gasteiger partial charge in [-0.15, -0.1) is 11.3 Å². The highest BCUT2D eigenvalue weighted by Gasteiger charge is 2.23. The molecule has 1 heterocycles. The molecule has 0 radical (unpaired) electrons. The SMILES string of the molecule is CC(C)C(NC(=O)CCNS(=O)(=O)c1cccs1)C(=O)O. The normalized spacial score (nSPS) is 13.1. The van der Waals surface area contributed by atoms with E-state index in [4.69, 9.17) is 5.11 Å². The summed E-state index contributed by atoms with van der Waals surface area (Å²) in [5, 5.41) is 13.0. The molecule has 9 heteroatoms. The molecule has 3 N–H and O–H groups in total. The lowest BCUT2D eigenvalue weighted by Crippen LogP contribution is -2.45. The smallest absolute Gasteiger partial charge is 0.326 e. The van der Waals surface area contributed by atoms with Gasteiger partial charge in [-0.05, 0) is 17.4 Å². The van der Waals surface area contributed by atoms with Crippen molar-refractivity contribution in [1.82, 2.24) is 10.0 Å². The fourth-order valence-electron chi connectivity index (χ4n) is 1.55. The number of hydrogen-bond donors (Lipinski definition) is 3. The van der Waals surface area contributed by atoms with E-state index in [2.05, 4.69) is 10.0 Å². The molecule has 0 fully saturated rings. The zero-order valence-electron chi connectivity index (χ0n) is 11.7. The van der Waals surface area contributed by atoms with Crippen LogP contribution in [0.1, 0.15) is 20.3 Å². The fraction of sp³-hybridized carbons (Fsp3) is 0.500. The minimum Gasteiger partial charge on any atom is -0.480 e. The number of aliphatic carboxylic acids is 1. The van der Waals surface area contributed by atoms with E-state index < -0.39 is 27.9 Å². The molecule has 0 aliphatic heterocycles. The van der Waals surface area contributed by atoms with Crippen molar-refractivity contribution in [1.29, 1.82) is 0 Å². The molecule has 1 unspecified atom stereocenters. The summed E-state index contributed by atoms with van der Waals surface area (Å²) in [6, 6.07) is 2.10. The lowest BCUT2D eigenvalue weighted by molar-refractivity contribution is -0.143. The number of carboxylic acid groups (broad SMARTS) is 1. The van der Waals surface area contributed by atoms with E-state index in [1.807, 2.05) is 0 Å². The Morgan fingerprint density at radius 2 is 2.05 bits per heavy atom. The first kappa shape index (κ1) is 17.6. The molecule has 118 valence electrons. The van der Waals surface area contributed by atoms with Crippen molar-refractivity contribution in [3.05, 3.63) is 17.5 Å². The Kier molecular flexibility index (Phi) is 6.31. The van der Waals surface area contributed by atoms with E-state index in [1.54, 1.807) is 25.3 Å². The van der Waals surface area contributed by atoms with Crippen LogP contribution >= 0.6 is 11.3 Å². The minimum atomic E-state index is -3.60. The van der Waals surface area contributed by atoms with Gasteiger partial charge < -0.3 is 10.4 Å². The van der Waals surface area contributed by atoms with E-state index in [-0.39, 0.29) is 23.1 Å². The molecule has 0 bridgehead atoms. The van der Waals surface area contributed by atoms with Gasteiger partial charge in [0.2, 0.25) is 15.9 Å². The van der Waals surface area contributed by atoms with Crippen molar-refractivity contribution in [2.24, 2.45) is 5.92 Å². The molecular weight excluding hydrogens is 316 g/mol. The number of sulfonamides is 1. The predicted molar refractivity (Wildman–Crippen MR) is 78.5 cm³/mol. The largest absolute Gasteiger partial charge is 0.480 e. The second-order valence-corrected chi connectivity index (χ2v) is 7.65. The van der Waals surface area contributed by atoms with E-state index in [0.717, 1.165) is 11.3 Å². The molecule has 0 saturated heterocycles. The van der Waals surface area contributed by atoms with Crippen LogP contribution in [0.5, 0.6) is 0 Å². The van der Waals surface area contributed by atoms with E-state index >= 15 is 0 Å². The summed E-state index contributed by atoms with van der Waals surface area (Å²) in [4.78, 5) is 22.6. The Morgan fingerprint density at radius 3 is 2.52 bits per heavy atom. The van der Waals surface area contributed by atoms with Crippen LogP contribution in [0.4, 0.5) is 0 Å². The van der Waals surface area contributed by atoms with Crippen LogP contribution in [0.2, 0.25) is 0 Å². The molecule has 1 aromatic heterocycles. The standard InChI is InChI=1S/C12H18N2O5S2/c1-8(2)11(12(16)17)14-9(15)5-6-13-21(18,19)10-4-3-7-20-10/h3-4,7-8,11,13H,5-6H2,1-2H3,(H,14,15)(H,16,17). The van der Waals surface area contributed by atoms with Crippen molar-refractivity contribution < 1.29 is 23.1 Å². The van der Waals surface area contributed by atoms with Gasteiger partial charge in [-0.25, -0.2) is 17.9 Å². The highest BCUT2D eigenvalue weighted by atomic mass is 32.2. The molecule has 1 rings (SSSR count). The first-order valence-electron chi connectivity index (χ1n) is 6.29. The van der Waals surface area contributed by atoms with Gasteiger partial charge in [0.15, 0.2) is 0 Å². The van der Waals surface area contributed by atoms with Crippen LogP contribution in [0.3, 0.4) is 0 Å². The third-order valence-corrected chi connectivity index (χ3v) is 5.51. The summed E-state index contributed by atoms with van der Waals surface area (Å²) in [7, 11) is -3.60. The zero-order chi connectivity index (χ0) is 16.0. The number of thiophene rings is 1. The van der Waals surface area contributed by atoms with E-state index in [1.165, 1.54) is 6.07 Å². The molecule has 1 amide bonds. The fourth-order valence-corrected chi connectivity index (χ4v) is 3.61. The second kappa shape index (κ2) is 7.53. The number of carboxylic acids is 1. The van der Waals surface area contributed by atoms with Gasteiger partial charge in [0, 0.05) is 13.0 Å². The van der Waals surface area contributed by atoms with Crippen molar-refractivity contribution in [2.45, 2.75) is 30.5 Å². The summed E-state index contributed by atoms with van der Waals surface area (Å²) in [6.45, 7) is 3.27. The number of carbonyl (C=O) groups excluding carboxylic acids is 1. The summed E-state index contributed by atoms with van der Waals surface area (Å²) in [5.74, 6) is -1.88. The Hall–Kier alpha value is -1.45. The number of amides is 1. The average molecular weight is 334 g/mol. The maximum Gasteiger partial charge on any atom is 0.326 e. The van der Waals surface area contributed by atoms with Gasteiger partial charge in [0.05, 0.1) is 0 Å². The molecule has 7 nitrogen and oxygen atoms in total. The van der Waals surface area contributed by atoms with Gasteiger partial charge in [-0.3, -0.25) is 4.79 Å². The third-order valence-electron chi connectivity index (χ3n) is 2.65. The van der Waals surface area contributed by atoms with Crippen molar-refractivity contribution >= 4 is 33.2 Å². The molecule has 0 spiro atoms. The van der Waals surface area contributed by atoms with Gasteiger partial charge in [-0.2, -0.15) is 0 Å². The van der Waals surface area contributed by atoms with Gasteiger partial charge in [0.25, 0.3) is 0 Å². The lowest BCUT2D eigenvalue weighted by Gasteiger charge is -2.17. The molecular formula is C12H18N2O5S2. The summed E-state index contributed by atoms with van der Waals surface area (Å²) in [6.07, 6.45) is -0.124. The van der Waals surface area contributed by atoms with Crippen LogP contribution in [0.25, 0.3) is 0 Å². The molecule has 21 heavy (non-hydrogen) atoms. The molecule has 0 aromatic carbocycles. The quantitative estimate of drug-likeness (QED) is 0.646.